The maximum atomic E-state index is 12.2. The van der Waals surface area contributed by atoms with Gasteiger partial charge in [0.1, 0.15) is 12.4 Å². The molecule has 1 aromatic carbocycles. The second kappa shape index (κ2) is 6.17. The van der Waals surface area contributed by atoms with Crippen LogP contribution in [0.25, 0.3) is 11.0 Å². The summed E-state index contributed by atoms with van der Waals surface area (Å²) in [5.74, 6) is -0.213. The summed E-state index contributed by atoms with van der Waals surface area (Å²) in [6.45, 7) is 1.70. The normalized spacial score (nSPS) is 16.6. The van der Waals surface area contributed by atoms with Gasteiger partial charge in [-0.3, -0.25) is 15.0 Å². The molecule has 1 heterocycles. The third-order valence-electron chi connectivity index (χ3n) is 4.16. The van der Waals surface area contributed by atoms with Crippen molar-refractivity contribution < 1.29 is 9.59 Å². The van der Waals surface area contributed by atoms with Crippen LogP contribution >= 0.6 is 0 Å². The van der Waals surface area contributed by atoms with Gasteiger partial charge in [0.05, 0.1) is 11.0 Å². The standard InChI is InChI=1S/C16H20N4O2/c1-11(18-16(22)12-6-2-3-7-12)15(21)19-20-10-17-13-8-4-5-9-14(13)20/h4-5,8-12H,2-3,6-7H2,1H3,(H,18,22)(H,19,21)/t11-/m0/s1. The predicted octanol–water partition coefficient (Wildman–Crippen LogP) is 1.80. The van der Waals surface area contributed by atoms with Gasteiger partial charge in [-0.2, -0.15) is 0 Å². The van der Waals surface area contributed by atoms with Crippen molar-refractivity contribution in [1.29, 1.82) is 0 Å². The Bertz CT molecular complexity index is 688. The number of aromatic nitrogens is 2. The van der Waals surface area contributed by atoms with Crippen LogP contribution in [0.15, 0.2) is 30.6 Å². The third kappa shape index (κ3) is 2.95. The summed E-state index contributed by atoms with van der Waals surface area (Å²) in [5.41, 5.74) is 4.40. The Labute approximate surface area is 128 Å². The minimum Gasteiger partial charge on any atom is -0.344 e. The third-order valence-corrected chi connectivity index (χ3v) is 4.16. The Balaban J connectivity index is 1.62. The number of hydrogen-bond acceptors (Lipinski definition) is 3. The number of nitrogens with one attached hydrogen (secondary N) is 2. The van der Waals surface area contributed by atoms with Crippen LogP contribution in [0.3, 0.4) is 0 Å². The predicted molar refractivity (Wildman–Crippen MR) is 83.7 cm³/mol. The molecule has 1 atom stereocenters. The highest BCUT2D eigenvalue weighted by Gasteiger charge is 2.25. The van der Waals surface area contributed by atoms with Gasteiger partial charge in [0.2, 0.25) is 5.91 Å². The highest BCUT2D eigenvalue weighted by Crippen LogP contribution is 2.24. The van der Waals surface area contributed by atoms with Crippen molar-refractivity contribution in [2.24, 2.45) is 5.92 Å². The van der Waals surface area contributed by atoms with E-state index in [1.165, 1.54) is 0 Å². The number of amides is 2. The molecule has 116 valence electrons. The summed E-state index contributed by atoms with van der Waals surface area (Å²) >= 11 is 0. The van der Waals surface area contributed by atoms with Crippen LogP contribution < -0.4 is 10.7 Å². The molecule has 3 rings (SSSR count). The molecule has 0 bridgehead atoms. The second-order valence-electron chi connectivity index (χ2n) is 5.79. The van der Waals surface area contributed by atoms with Crippen molar-refractivity contribution in [2.45, 2.75) is 38.6 Å². The summed E-state index contributed by atoms with van der Waals surface area (Å²) in [6.07, 6.45) is 5.60. The summed E-state index contributed by atoms with van der Waals surface area (Å²) in [6, 6.07) is 6.96. The van der Waals surface area contributed by atoms with Crippen LogP contribution in [-0.2, 0) is 9.59 Å². The summed E-state index contributed by atoms with van der Waals surface area (Å²) in [5, 5.41) is 2.80. The minimum absolute atomic E-state index is 0.0179. The Morgan fingerprint density at radius 1 is 1.27 bits per heavy atom. The zero-order chi connectivity index (χ0) is 15.5. The lowest BCUT2D eigenvalue weighted by Crippen LogP contribution is -2.45. The number of benzene rings is 1. The molecule has 1 fully saturated rings. The van der Waals surface area contributed by atoms with Crippen LogP contribution in [0.1, 0.15) is 32.6 Å². The number of rotatable bonds is 4. The molecule has 6 heteroatoms. The van der Waals surface area contributed by atoms with Crippen molar-refractivity contribution in [3.8, 4) is 0 Å². The molecule has 1 aliphatic carbocycles. The molecule has 0 unspecified atom stereocenters. The largest absolute Gasteiger partial charge is 0.344 e. The highest BCUT2D eigenvalue weighted by molar-refractivity contribution is 5.93. The fourth-order valence-corrected chi connectivity index (χ4v) is 2.85. The molecule has 1 aliphatic rings. The van der Waals surface area contributed by atoms with Gasteiger partial charge in [-0.25, -0.2) is 9.66 Å². The lowest BCUT2D eigenvalue weighted by molar-refractivity contribution is -0.129. The lowest BCUT2D eigenvalue weighted by atomic mass is 10.1. The Kier molecular flexibility index (Phi) is 4.09. The molecule has 22 heavy (non-hydrogen) atoms. The Hall–Kier alpha value is -2.37. The first kappa shape index (κ1) is 14.6. The fourth-order valence-electron chi connectivity index (χ4n) is 2.85. The van der Waals surface area contributed by atoms with Crippen molar-refractivity contribution in [3.05, 3.63) is 30.6 Å². The van der Waals surface area contributed by atoms with Crippen molar-refractivity contribution in [2.75, 3.05) is 5.43 Å². The van der Waals surface area contributed by atoms with E-state index in [0.29, 0.717) is 0 Å². The molecule has 2 N–H and O–H groups in total. The van der Waals surface area contributed by atoms with E-state index in [0.717, 1.165) is 36.7 Å². The zero-order valence-electron chi connectivity index (χ0n) is 12.6. The van der Waals surface area contributed by atoms with Gasteiger partial charge in [0.15, 0.2) is 0 Å². The first-order valence-electron chi connectivity index (χ1n) is 7.68. The zero-order valence-corrected chi connectivity index (χ0v) is 12.6. The topological polar surface area (TPSA) is 76.0 Å². The number of nitrogens with zero attached hydrogens (tertiary/aromatic N) is 2. The molecule has 0 saturated heterocycles. The quantitative estimate of drug-likeness (QED) is 0.904. The molecule has 2 aromatic rings. The first-order chi connectivity index (χ1) is 10.6. The fraction of sp³-hybridized carbons (Fsp3) is 0.438. The van der Waals surface area contributed by atoms with Gasteiger partial charge in [-0.15, -0.1) is 0 Å². The Morgan fingerprint density at radius 3 is 2.77 bits per heavy atom. The average molecular weight is 300 g/mol. The van der Waals surface area contributed by atoms with E-state index >= 15 is 0 Å². The molecular weight excluding hydrogens is 280 g/mol. The van der Waals surface area contributed by atoms with Gasteiger partial charge in [-0.05, 0) is 31.9 Å². The van der Waals surface area contributed by atoms with Crippen LogP contribution in [-0.4, -0.2) is 27.5 Å². The maximum absolute atomic E-state index is 12.2. The summed E-state index contributed by atoms with van der Waals surface area (Å²) in [4.78, 5) is 28.5. The SMILES string of the molecule is C[C@H](NC(=O)C1CCCC1)C(=O)Nn1cnc2ccccc21. The van der Waals surface area contributed by atoms with Gasteiger partial charge < -0.3 is 5.32 Å². The minimum atomic E-state index is -0.575. The van der Waals surface area contributed by atoms with Crippen molar-refractivity contribution in [3.63, 3.8) is 0 Å². The van der Waals surface area contributed by atoms with Crippen molar-refractivity contribution in [1.82, 2.24) is 15.0 Å². The number of carbonyl (C=O) groups excluding carboxylic acids is 2. The van der Waals surface area contributed by atoms with E-state index in [1.807, 2.05) is 24.3 Å². The molecule has 1 aromatic heterocycles. The molecule has 6 nitrogen and oxygen atoms in total. The average Bonchev–Trinajstić information content (AvgIpc) is 3.17. The molecule has 0 radical (unpaired) electrons. The van der Waals surface area contributed by atoms with Gasteiger partial charge in [0, 0.05) is 5.92 Å². The smallest absolute Gasteiger partial charge is 0.261 e. The van der Waals surface area contributed by atoms with Crippen LogP contribution in [0, 0.1) is 5.92 Å². The monoisotopic (exact) mass is 300 g/mol. The number of para-hydroxylation sites is 2. The molecule has 1 saturated carbocycles. The molecule has 0 aliphatic heterocycles. The highest BCUT2D eigenvalue weighted by atomic mass is 16.2. The van der Waals surface area contributed by atoms with Gasteiger partial charge in [-0.1, -0.05) is 25.0 Å². The number of fused-ring (bicyclic) bond motifs is 1. The lowest BCUT2D eigenvalue weighted by Gasteiger charge is -2.17. The van der Waals surface area contributed by atoms with E-state index in [1.54, 1.807) is 17.9 Å². The second-order valence-corrected chi connectivity index (χ2v) is 5.79. The summed E-state index contributed by atoms with van der Waals surface area (Å²) < 4.78 is 1.58. The number of carbonyl (C=O) groups is 2. The maximum Gasteiger partial charge on any atom is 0.261 e. The van der Waals surface area contributed by atoms with Gasteiger partial charge in [0.25, 0.3) is 5.91 Å². The molecule has 2 amide bonds. The van der Waals surface area contributed by atoms with E-state index in [-0.39, 0.29) is 17.7 Å². The number of imidazole rings is 1. The first-order valence-corrected chi connectivity index (χ1v) is 7.68. The van der Waals surface area contributed by atoms with Crippen LogP contribution in [0.5, 0.6) is 0 Å². The van der Waals surface area contributed by atoms with E-state index in [2.05, 4.69) is 15.7 Å². The van der Waals surface area contributed by atoms with E-state index in [9.17, 15) is 9.59 Å². The van der Waals surface area contributed by atoms with E-state index in [4.69, 9.17) is 0 Å². The number of hydrogen-bond donors (Lipinski definition) is 2. The van der Waals surface area contributed by atoms with E-state index < -0.39 is 6.04 Å². The van der Waals surface area contributed by atoms with Gasteiger partial charge >= 0.3 is 0 Å². The van der Waals surface area contributed by atoms with Crippen LogP contribution in [0.2, 0.25) is 0 Å². The summed E-state index contributed by atoms with van der Waals surface area (Å²) in [7, 11) is 0. The van der Waals surface area contributed by atoms with Crippen LogP contribution in [0.4, 0.5) is 0 Å². The van der Waals surface area contributed by atoms with Crippen molar-refractivity contribution >= 4 is 22.8 Å². The molecule has 0 spiro atoms. The molecular formula is C16H20N4O2. The Morgan fingerprint density at radius 2 is 2.00 bits per heavy atom.